The Kier molecular flexibility index (Phi) is 2.95. The fourth-order valence-corrected chi connectivity index (χ4v) is 1.71. The Morgan fingerprint density at radius 1 is 1.24 bits per heavy atom. The molecule has 0 fully saturated rings. The molecule has 4 heteroatoms. The highest BCUT2D eigenvalue weighted by Crippen LogP contribution is 2.13. The average molecular weight is 230 g/mol. The topological polar surface area (TPSA) is 44.1 Å². The molecule has 4 nitrogen and oxygen atoms in total. The summed E-state index contributed by atoms with van der Waals surface area (Å²) >= 11 is 0. The van der Waals surface area contributed by atoms with E-state index in [4.69, 9.17) is 4.74 Å². The third-order valence-electron chi connectivity index (χ3n) is 2.35. The van der Waals surface area contributed by atoms with Crippen LogP contribution in [0.5, 0.6) is 5.75 Å². The summed E-state index contributed by atoms with van der Waals surface area (Å²) in [6, 6.07) is 5.64. The molecule has 1 heterocycles. The quantitative estimate of drug-likeness (QED) is 0.743. The van der Waals surface area contributed by atoms with E-state index in [1.54, 1.807) is 17.9 Å². The highest BCUT2D eigenvalue weighted by molar-refractivity contribution is 5.91. The van der Waals surface area contributed by atoms with Gasteiger partial charge in [-0.15, -0.1) is 0 Å². The van der Waals surface area contributed by atoms with Gasteiger partial charge in [0.25, 0.3) is 0 Å². The highest BCUT2D eigenvalue weighted by Gasteiger charge is 2.10. The lowest BCUT2D eigenvalue weighted by Crippen LogP contribution is -2.08. The Balaban J connectivity index is 2.19. The van der Waals surface area contributed by atoms with E-state index in [9.17, 15) is 4.79 Å². The molecule has 17 heavy (non-hydrogen) atoms. The average Bonchev–Trinajstić information content (AvgIpc) is 2.62. The van der Waals surface area contributed by atoms with Gasteiger partial charge >= 0.3 is 5.97 Å². The number of benzene rings is 1. The number of aromatic nitrogens is 2. The predicted octanol–water partition coefficient (Wildman–Crippen LogP) is 2.26. The summed E-state index contributed by atoms with van der Waals surface area (Å²) in [5.41, 5.74) is 2.65. The Bertz CT molecular complexity index is 538. The van der Waals surface area contributed by atoms with Crippen LogP contribution in [0, 0.1) is 13.8 Å². The van der Waals surface area contributed by atoms with Crippen LogP contribution in [0.1, 0.15) is 21.5 Å². The molecule has 0 saturated carbocycles. The Hall–Kier alpha value is -2.10. The van der Waals surface area contributed by atoms with Crippen molar-refractivity contribution in [3.8, 4) is 5.75 Å². The standard InChI is InChI=1S/C13H14N2O2/c1-9-4-10(2)6-11(5-9)13(16)17-12-7-14-15(3)8-12/h4-8H,1-3H3. The third kappa shape index (κ3) is 2.72. The molecular formula is C13H14N2O2. The van der Waals surface area contributed by atoms with E-state index in [1.807, 2.05) is 32.0 Å². The van der Waals surface area contributed by atoms with Crippen molar-refractivity contribution in [3.63, 3.8) is 0 Å². The van der Waals surface area contributed by atoms with Crippen molar-refractivity contribution < 1.29 is 9.53 Å². The van der Waals surface area contributed by atoms with Gasteiger partial charge in [0.05, 0.1) is 18.0 Å². The van der Waals surface area contributed by atoms with Crippen molar-refractivity contribution in [3.05, 3.63) is 47.3 Å². The molecule has 2 aromatic rings. The smallest absolute Gasteiger partial charge is 0.343 e. The lowest BCUT2D eigenvalue weighted by atomic mass is 10.1. The largest absolute Gasteiger partial charge is 0.420 e. The lowest BCUT2D eigenvalue weighted by Gasteiger charge is -2.04. The van der Waals surface area contributed by atoms with Gasteiger partial charge in [-0.2, -0.15) is 5.10 Å². The summed E-state index contributed by atoms with van der Waals surface area (Å²) in [7, 11) is 1.77. The minimum absolute atomic E-state index is 0.357. The summed E-state index contributed by atoms with van der Waals surface area (Å²) in [4.78, 5) is 11.9. The van der Waals surface area contributed by atoms with Gasteiger partial charge in [0.2, 0.25) is 0 Å². The SMILES string of the molecule is Cc1cc(C)cc(C(=O)Oc2cnn(C)c2)c1. The first kappa shape index (κ1) is 11.4. The molecule has 0 unspecified atom stereocenters. The van der Waals surface area contributed by atoms with Crippen LogP contribution in [-0.2, 0) is 7.05 Å². The van der Waals surface area contributed by atoms with E-state index < -0.39 is 0 Å². The van der Waals surface area contributed by atoms with E-state index in [1.165, 1.54) is 6.20 Å². The minimum atomic E-state index is -0.357. The first-order valence-electron chi connectivity index (χ1n) is 5.34. The van der Waals surface area contributed by atoms with Gasteiger partial charge in [-0.25, -0.2) is 4.79 Å². The number of aryl methyl sites for hydroxylation is 3. The molecule has 0 spiro atoms. The molecule has 0 aliphatic rings. The number of esters is 1. The fourth-order valence-electron chi connectivity index (χ4n) is 1.71. The van der Waals surface area contributed by atoms with Crippen molar-refractivity contribution in [2.75, 3.05) is 0 Å². The number of hydrogen-bond acceptors (Lipinski definition) is 3. The van der Waals surface area contributed by atoms with Gasteiger partial charge in [0, 0.05) is 7.05 Å². The van der Waals surface area contributed by atoms with E-state index in [-0.39, 0.29) is 5.97 Å². The molecule has 1 aromatic heterocycles. The van der Waals surface area contributed by atoms with E-state index >= 15 is 0 Å². The van der Waals surface area contributed by atoms with Crippen LogP contribution in [0.2, 0.25) is 0 Å². The summed E-state index contributed by atoms with van der Waals surface area (Å²) < 4.78 is 6.80. The number of nitrogens with zero attached hydrogens (tertiary/aromatic N) is 2. The van der Waals surface area contributed by atoms with Gasteiger partial charge in [0.1, 0.15) is 0 Å². The molecule has 0 bridgehead atoms. The van der Waals surface area contributed by atoms with E-state index in [0.29, 0.717) is 11.3 Å². The zero-order valence-corrected chi connectivity index (χ0v) is 10.1. The molecule has 0 radical (unpaired) electrons. The number of ether oxygens (including phenoxy) is 1. The summed E-state index contributed by atoms with van der Waals surface area (Å²) in [6.45, 7) is 3.90. The number of hydrogen-bond donors (Lipinski definition) is 0. The maximum absolute atomic E-state index is 11.9. The van der Waals surface area contributed by atoms with Crippen LogP contribution < -0.4 is 4.74 Å². The molecule has 88 valence electrons. The molecular weight excluding hydrogens is 216 g/mol. The third-order valence-corrected chi connectivity index (χ3v) is 2.35. The van der Waals surface area contributed by atoms with Gasteiger partial charge in [-0.3, -0.25) is 4.68 Å². The maximum Gasteiger partial charge on any atom is 0.343 e. The minimum Gasteiger partial charge on any atom is -0.420 e. The van der Waals surface area contributed by atoms with Gasteiger partial charge in [-0.1, -0.05) is 17.2 Å². The number of carbonyl (C=O) groups is 1. The van der Waals surface area contributed by atoms with Gasteiger partial charge in [-0.05, 0) is 26.0 Å². The lowest BCUT2D eigenvalue weighted by molar-refractivity contribution is 0.0734. The molecule has 0 aliphatic heterocycles. The van der Waals surface area contributed by atoms with E-state index in [0.717, 1.165) is 11.1 Å². The first-order valence-corrected chi connectivity index (χ1v) is 5.34. The van der Waals surface area contributed by atoms with Crippen LogP contribution in [-0.4, -0.2) is 15.7 Å². The van der Waals surface area contributed by atoms with Crippen molar-refractivity contribution in [1.82, 2.24) is 9.78 Å². The zero-order valence-electron chi connectivity index (χ0n) is 10.1. The van der Waals surface area contributed by atoms with Crippen molar-refractivity contribution >= 4 is 5.97 Å². The Labute approximate surface area is 99.8 Å². The van der Waals surface area contributed by atoms with Gasteiger partial charge in [0.15, 0.2) is 5.75 Å². The van der Waals surface area contributed by atoms with Gasteiger partial charge < -0.3 is 4.74 Å². The van der Waals surface area contributed by atoms with Crippen LogP contribution in [0.3, 0.4) is 0 Å². The Morgan fingerprint density at radius 2 is 1.88 bits per heavy atom. The van der Waals surface area contributed by atoms with Crippen LogP contribution in [0.4, 0.5) is 0 Å². The summed E-state index contributed by atoms with van der Waals surface area (Å²) in [5.74, 6) is 0.0986. The number of carbonyl (C=O) groups excluding carboxylic acids is 1. The van der Waals surface area contributed by atoms with Crippen molar-refractivity contribution in [2.45, 2.75) is 13.8 Å². The monoisotopic (exact) mass is 230 g/mol. The fraction of sp³-hybridized carbons (Fsp3) is 0.231. The summed E-state index contributed by atoms with van der Waals surface area (Å²) in [5, 5.41) is 3.94. The van der Waals surface area contributed by atoms with Crippen LogP contribution in [0.15, 0.2) is 30.6 Å². The second-order valence-corrected chi connectivity index (χ2v) is 4.12. The van der Waals surface area contributed by atoms with Crippen molar-refractivity contribution in [1.29, 1.82) is 0 Å². The molecule has 1 aromatic carbocycles. The maximum atomic E-state index is 11.9. The second-order valence-electron chi connectivity index (χ2n) is 4.12. The molecule has 0 amide bonds. The summed E-state index contributed by atoms with van der Waals surface area (Å²) in [6.07, 6.45) is 3.17. The molecule has 0 N–H and O–H groups in total. The predicted molar refractivity (Wildman–Crippen MR) is 64.1 cm³/mol. The van der Waals surface area contributed by atoms with Crippen LogP contribution in [0.25, 0.3) is 0 Å². The molecule has 2 rings (SSSR count). The van der Waals surface area contributed by atoms with E-state index in [2.05, 4.69) is 5.10 Å². The first-order chi connectivity index (χ1) is 8.04. The second kappa shape index (κ2) is 4.41. The Morgan fingerprint density at radius 3 is 2.41 bits per heavy atom. The zero-order chi connectivity index (χ0) is 12.4. The molecule has 0 aliphatic carbocycles. The number of rotatable bonds is 2. The molecule has 0 atom stereocenters. The van der Waals surface area contributed by atoms with Crippen LogP contribution >= 0.6 is 0 Å². The highest BCUT2D eigenvalue weighted by atomic mass is 16.5. The molecule has 0 saturated heterocycles. The van der Waals surface area contributed by atoms with Crippen molar-refractivity contribution in [2.24, 2.45) is 7.05 Å². The normalized spacial score (nSPS) is 10.3.